The number of esters is 1. The second-order valence-corrected chi connectivity index (χ2v) is 20.7. The molecule has 1 amide bonds. The van der Waals surface area contributed by atoms with Crippen LogP contribution in [0.15, 0.2) is 36.5 Å². The minimum absolute atomic E-state index is 0.00940. The summed E-state index contributed by atoms with van der Waals surface area (Å²) in [6, 6.07) is -0.633. The summed E-state index contributed by atoms with van der Waals surface area (Å²) in [6.45, 7) is 4.88. The van der Waals surface area contributed by atoms with Gasteiger partial charge in [0.25, 0.3) is 0 Å². The predicted molar refractivity (Wildman–Crippen MR) is 296 cm³/mol. The Morgan fingerprint density at radius 2 is 0.735 bits per heavy atom. The van der Waals surface area contributed by atoms with Crippen LogP contribution in [0, 0.1) is 0 Å². The Hall–Kier alpha value is -1.92. The van der Waals surface area contributed by atoms with Gasteiger partial charge in [-0.3, -0.25) is 9.59 Å². The van der Waals surface area contributed by atoms with Crippen molar-refractivity contribution in [2.45, 2.75) is 334 Å². The molecule has 0 aliphatic rings. The van der Waals surface area contributed by atoms with E-state index in [0.29, 0.717) is 19.4 Å². The van der Waals surface area contributed by atoms with Crippen LogP contribution in [0.1, 0.15) is 322 Å². The highest BCUT2D eigenvalue weighted by atomic mass is 16.5. The highest BCUT2D eigenvalue weighted by Crippen LogP contribution is 2.17. The zero-order chi connectivity index (χ0) is 49.3. The lowest BCUT2D eigenvalue weighted by atomic mass is 10.0. The Labute approximate surface area is 424 Å². The highest BCUT2D eigenvalue weighted by Gasteiger charge is 2.18. The van der Waals surface area contributed by atoms with Gasteiger partial charge in [0.15, 0.2) is 0 Å². The summed E-state index contributed by atoms with van der Waals surface area (Å²) in [5.41, 5.74) is 0. The van der Waals surface area contributed by atoms with Crippen LogP contribution in [0.5, 0.6) is 0 Å². The van der Waals surface area contributed by atoms with Crippen LogP contribution in [0.3, 0.4) is 0 Å². The Kier molecular flexibility index (Phi) is 56.0. The van der Waals surface area contributed by atoms with E-state index in [1.807, 2.05) is 6.08 Å². The third kappa shape index (κ3) is 53.4. The highest BCUT2D eigenvalue weighted by molar-refractivity contribution is 5.76. The number of aliphatic hydroxyl groups is 2. The van der Waals surface area contributed by atoms with E-state index in [1.165, 1.54) is 244 Å². The van der Waals surface area contributed by atoms with Gasteiger partial charge in [-0.05, 0) is 64.2 Å². The van der Waals surface area contributed by atoms with Crippen LogP contribution in [0.4, 0.5) is 0 Å². The van der Waals surface area contributed by atoms with Gasteiger partial charge in [0.1, 0.15) is 0 Å². The van der Waals surface area contributed by atoms with Crippen molar-refractivity contribution >= 4 is 11.9 Å². The zero-order valence-electron chi connectivity index (χ0n) is 45.6. The first-order valence-corrected chi connectivity index (χ1v) is 30.3. The minimum Gasteiger partial charge on any atom is -0.466 e. The fourth-order valence-electron chi connectivity index (χ4n) is 9.25. The molecule has 0 rings (SSSR count). The van der Waals surface area contributed by atoms with Crippen LogP contribution in [0.25, 0.3) is 0 Å². The first-order valence-electron chi connectivity index (χ1n) is 30.3. The van der Waals surface area contributed by atoms with E-state index in [1.54, 1.807) is 6.08 Å². The monoisotopic (exact) mass is 956 g/mol. The average molecular weight is 957 g/mol. The summed E-state index contributed by atoms with van der Waals surface area (Å²) < 4.78 is 5.47. The van der Waals surface area contributed by atoms with E-state index in [0.717, 1.165) is 51.4 Å². The number of carbonyl (C=O) groups excluding carboxylic acids is 2. The molecule has 0 aliphatic heterocycles. The van der Waals surface area contributed by atoms with E-state index in [9.17, 15) is 19.8 Å². The molecule has 2 atom stereocenters. The molecule has 6 heteroatoms. The van der Waals surface area contributed by atoms with Crippen molar-refractivity contribution in [3.05, 3.63) is 36.5 Å². The Morgan fingerprint density at radius 3 is 1.15 bits per heavy atom. The second kappa shape index (κ2) is 57.7. The van der Waals surface area contributed by atoms with Crippen molar-refractivity contribution in [1.82, 2.24) is 5.32 Å². The van der Waals surface area contributed by atoms with Gasteiger partial charge in [-0.2, -0.15) is 0 Å². The molecule has 0 aromatic heterocycles. The number of nitrogens with one attached hydrogen (secondary N) is 1. The fourth-order valence-corrected chi connectivity index (χ4v) is 9.25. The van der Waals surface area contributed by atoms with E-state index < -0.39 is 12.1 Å². The lowest BCUT2D eigenvalue weighted by Crippen LogP contribution is -2.45. The number of rotatable bonds is 56. The van der Waals surface area contributed by atoms with Crippen molar-refractivity contribution < 1.29 is 24.5 Å². The molecule has 68 heavy (non-hydrogen) atoms. The largest absolute Gasteiger partial charge is 0.466 e. The molecular weight excluding hydrogens is 839 g/mol. The van der Waals surface area contributed by atoms with Crippen molar-refractivity contribution in [2.24, 2.45) is 0 Å². The maximum Gasteiger partial charge on any atom is 0.305 e. The van der Waals surface area contributed by atoms with E-state index in [-0.39, 0.29) is 18.5 Å². The molecule has 0 aliphatic carbocycles. The van der Waals surface area contributed by atoms with Crippen molar-refractivity contribution in [2.75, 3.05) is 13.2 Å². The quantitative estimate of drug-likeness (QED) is 0.0321. The molecule has 0 heterocycles. The summed E-state index contributed by atoms with van der Waals surface area (Å²) in [5, 5.41) is 23.2. The fraction of sp³-hybridized carbons (Fsp3) is 0.871. The van der Waals surface area contributed by atoms with Crippen molar-refractivity contribution in [3.8, 4) is 0 Å². The lowest BCUT2D eigenvalue weighted by molar-refractivity contribution is -0.143. The maximum absolute atomic E-state index is 12.5. The molecule has 6 nitrogen and oxygen atoms in total. The van der Waals surface area contributed by atoms with E-state index in [4.69, 9.17) is 4.74 Å². The first kappa shape index (κ1) is 66.1. The van der Waals surface area contributed by atoms with Gasteiger partial charge in [0, 0.05) is 12.8 Å². The molecule has 0 aromatic carbocycles. The Morgan fingerprint density at radius 1 is 0.412 bits per heavy atom. The number of ether oxygens (including phenoxy) is 1. The molecule has 0 saturated heterocycles. The van der Waals surface area contributed by atoms with Gasteiger partial charge in [0.2, 0.25) is 5.91 Å². The van der Waals surface area contributed by atoms with Crippen LogP contribution >= 0.6 is 0 Å². The van der Waals surface area contributed by atoms with E-state index in [2.05, 4.69) is 43.5 Å². The molecule has 0 radical (unpaired) electrons. The SMILES string of the molecule is CCCCC/C=C\C/C=C\CCCCCCCC(=O)OCCCCCCCCCCCCCCCCCCCC(=O)NC(CO)C(O)/C=C/CCCCCCCCCCCCCCCCCCC. The number of aliphatic hydroxyl groups excluding tert-OH is 2. The summed E-state index contributed by atoms with van der Waals surface area (Å²) in [7, 11) is 0. The van der Waals surface area contributed by atoms with E-state index >= 15 is 0 Å². The molecule has 3 N–H and O–H groups in total. The summed E-state index contributed by atoms with van der Waals surface area (Å²) >= 11 is 0. The van der Waals surface area contributed by atoms with Crippen LogP contribution in [0.2, 0.25) is 0 Å². The molecule has 0 spiro atoms. The number of hydrogen-bond donors (Lipinski definition) is 3. The zero-order valence-corrected chi connectivity index (χ0v) is 45.6. The Bertz CT molecular complexity index is 1100. The number of carbonyl (C=O) groups is 2. The molecule has 0 fully saturated rings. The van der Waals surface area contributed by atoms with Gasteiger partial charge in [-0.15, -0.1) is 0 Å². The number of hydrogen-bond acceptors (Lipinski definition) is 5. The van der Waals surface area contributed by atoms with Gasteiger partial charge in [-0.25, -0.2) is 0 Å². The minimum atomic E-state index is -0.849. The lowest BCUT2D eigenvalue weighted by Gasteiger charge is -2.20. The summed E-state index contributed by atoms with van der Waals surface area (Å²) in [4.78, 5) is 24.5. The molecule has 0 bridgehead atoms. The predicted octanol–water partition coefficient (Wildman–Crippen LogP) is 18.8. The maximum atomic E-state index is 12.5. The summed E-state index contributed by atoms with van der Waals surface area (Å²) in [6.07, 6.45) is 71.7. The number of unbranched alkanes of at least 4 members (excludes halogenated alkanes) is 41. The van der Waals surface area contributed by atoms with Crippen molar-refractivity contribution in [1.29, 1.82) is 0 Å². The third-order valence-corrected chi connectivity index (χ3v) is 13.9. The smallest absolute Gasteiger partial charge is 0.305 e. The molecule has 400 valence electrons. The Balaban J connectivity index is 3.46. The normalized spacial score (nSPS) is 12.8. The van der Waals surface area contributed by atoms with Crippen molar-refractivity contribution in [3.63, 3.8) is 0 Å². The van der Waals surface area contributed by atoms with Gasteiger partial charge in [-0.1, -0.05) is 281 Å². The van der Waals surface area contributed by atoms with Crippen LogP contribution < -0.4 is 5.32 Å². The topological polar surface area (TPSA) is 95.9 Å². The molecular formula is C62H117NO5. The van der Waals surface area contributed by atoms with Gasteiger partial charge in [0.05, 0.1) is 25.4 Å². The number of allylic oxidation sites excluding steroid dienone is 5. The van der Waals surface area contributed by atoms with Crippen LogP contribution in [-0.4, -0.2) is 47.4 Å². The standard InChI is InChI=1S/C62H117NO5/c1-3-5-7-9-11-13-15-17-19-20-21-23-27-30-34-38-42-46-50-54-60(65)59(58-64)63-61(66)55-51-47-43-39-35-31-28-24-22-25-29-33-37-41-45-49-53-57-68-62(67)56-52-48-44-40-36-32-26-18-16-14-12-10-8-6-4-2/h12,14,18,26,50,54,59-60,64-65H,3-11,13,15-17,19-25,27-49,51-53,55-58H2,1-2H3,(H,63,66)/b14-12-,26-18-,54-50+. The molecule has 2 unspecified atom stereocenters. The van der Waals surface area contributed by atoms with Gasteiger partial charge < -0.3 is 20.3 Å². The third-order valence-electron chi connectivity index (χ3n) is 13.9. The van der Waals surface area contributed by atoms with Crippen LogP contribution in [-0.2, 0) is 14.3 Å². The van der Waals surface area contributed by atoms with Gasteiger partial charge >= 0.3 is 5.97 Å². The average Bonchev–Trinajstić information content (AvgIpc) is 3.34. The molecule has 0 aromatic rings. The second-order valence-electron chi connectivity index (χ2n) is 20.7. The number of amides is 1. The summed E-state index contributed by atoms with van der Waals surface area (Å²) in [5.74, 6) is -0.0811. The first-order chi connectivity index (χ1) is 33.5. The molecule has 0 saturated carbocycles.